The van der Waals surface area contributed by atoms with Gasteiger partial charge in [0, 0.05) is 42.1 Å². The van der Waals surface area contributed by atoms with Gasteiger partial charge in [0.05, 0.1) is 24.2 Å². The molecule has 6 rings (SSSR count). The Labute approximate surface area is 285 Å². The molecule has 2 aromatic heterocycles. The largest absolute Gasteiger partial charge is 0.480 e. The molecule has 2 N–H and O–H groups in total. The molecule has 0 saturated carbocycles. The number of aliphatic imine (C=N–C) groups is 1. The number of hydroxylamine groups is 2. The lowest BCUT2D eigenvalue weighted by Gasteiger charge is -2.33. The molecular weight excluding hydrogens is 616 g/mol. The lowest BCUT2D eigenvalue weighted by atomic mass is 9.77. The van der Waals surface area contributed by atoms with Crippen molar-refractivity contribution in [1.82, 2.24) is 19.8 Å². The van der Waals surface area contributed by atoms with E-state index in [1.165, 1.54) is 9.75 Å². The average molecular weight is 655 g/mol. The topological polar surface area (TPSA) is 122 Å². The summed E-state index contributed by atoms with van der Waals surface area (Å²) in [6, 6.07) is 32.3. The number of carboxylic acid groups (broad SMARTS) is 1. The molecule has 0 aliphatic carbocycles. The Bertz CT molecular complexity index is 1870. The second-order valence-electron chi connectivity index (χ2n) is 11.6. The number of aromatic nitrogens is 3. The Morgan fingerprint density at radius 1 is 0.918 bits per heavy atom. The van der Waals surface area contributed by atoms with Crippen LogP contribution in [-0.4, -0.2) is 55.8 Å². The van der Waals surface area contributed by atoms with Crippen molar-refractivity contribution < 1.29 is 19.5 Å². The normalized spacial score (nSPS) is 13.6. The van der Waals surface area contributed by atoms with Crippen molar-refractivity contribution in [2.75, 3.05) is 18.5 Å². The maximum absolute atomic E-state index is 14.1. The van der Waals surface area contributed by atoms with Gasteiger partial charge in [-0.3, -0.25) is 29.1 Å². The summed E-state index contributed by atoms with van der Waals surface area (Å²) in [5.41, 5.74) is 5.03. The van der Waals surface area contributed by atoms with E-state index >= 15 is 0 Å². The van der Waals surface area contributed by atoms with Crippen molar-refractivity contribution in [3.8, 4) is 11.1 Å². The van der Waals surface area contributed by atoms with Gasteiger partial charge in [0.15, 0.2) is 0 Å². The number of anilines is 1. The van der Waals surface area contributed by atoms with E-state index in [0.717, 1.165) is 28.7 Å². The molecule has 248 valence electrons. The molecule has 10 heteroatoms. The molecule has 0 spiro atoms. The molecule has 1 amide bonds. The summed E-state index contributed by atoms with van der Waals surface area (Å²) in [6.07, 6.45) is 7.68. The van der Waals surface area contributed by atoms with Crippen LogP contribution in [0.1, 0.15) is 49.1 Å². The molecule has 0 unspecified atom stereocenters. The van der Waals surface area contributed by atoms with Crippen LogP contribution in [0.2, 0.25) is 0 Å². The molecule has 0 atom stereocenters. The number of benzene rings is 3. The van der Waals surface area contributed by atoms with Gasteiger partial charge in [-0.05, 0) is 42.2 Å². The van der Waals surface area contributed by atoms with Gasteiger partial charge in [0.25, 0.3) is 5.91 Å². The van der Waals surface area contributed by atoms with Gasteiger partial charge in [-0.1, -0.05) is 97.9 Å². The Hall–Kier alpha value is -5.87. The number of carbonyl (C=O) groups excluding carboxylic acids is 1. The lowest BCUT2D eigenvalue weighted by Crippen LogP contribution is -2.34. The SMILES string of the molecule is CCCN(OCC)C(=O)C1=Cc2ncc(-c3cnn(CC(=O)O)c3)cc2NC(=NC(c2ccccc2)(c2ccccc2)c2ccccc2)C1. The standard InChI is InChI=1S/C39H38N6O4/c1-3-20-45(49-4-2)38(48)28-21-34-35(22-29(24-40-34)30-25-41-44(26-30)27-37(46)47)42-36(23-28)43-39(31-14-8-5-9-15-31,32-16-10-6-11-17-32)33-18-12-7-13-19-33/h5-19,21-22,24-26H,3-4,20,23,27H2,1-2H3,(H,42,43)(H,46,47). The van der Waals surface area contributed by atoms with E-state index in [0.29, 0.717) is 41.5 Å². The van der Waals surface area contributed by atoms with E-state index in [1.54, 1.807) is 24.7 Å². The summed E-state index contributed by atoms with van der Waals surface area (Å²) >= 11 is 0. The number of nitrogens with zero attached hydrogens (tertiary/aromatic N) is 5. The minimum Gasteiger partial charge on any atom is -0.480 e. The number of rotatable bonds is 12. The fourth-order valence-electron chi connectivity index (χ4n) is 6.06. The molecule has 10 nitrogen and oxygen atoms in total. The number of amides is 1. The molecule has 0 radical (unpaired) electrons. The van der Waals surface area contributed by atoms with Crippen LogP contribution in [0, 0.1) is 0 Å². The monoisotopic (exact) mass is 654 g/mol. The van der Waals surface area contributed by atoms with Gasteiger partial charge >= 0.3 is 5.97 Å². The summed E-state index contributed by atoms with van der Waals surface area (Å²) in [6.45, 7) is 4.39. The van der Waals surface area contributed by atoms with Crippen molar-refractivity contribution in [3.05, 3.63) is 144 Å². The van der Waals surface area contributed by atoms with Crippen LogP contribution in [0.15, 0.2) is 126 Å². The highest BCUT2D eigenvalue weighted by Gasteiger charge is 2.37. The third kappa shape index (κ3) is 7.19. The van der Waals surface area contributed by atoms with Crippen LogP contribution < -0.4 is 5.32 Å². The highest BCUT2D eigenvalue weighted by molar-refractivity contribution is 6.10. The minimum atomic E-state index is -0.984. The van der Waals surface area contributed by atoms with Gasteiger partial charge in [0.2, 0.25) is 0 Å². The Morgan fingerprint density at radius 2 is 1.53 bits per heavy atom. The summed E-state index contributed by atoms with van der Waals surface area (Å²) < 4.78 is 1.37. The van der Waals surface area contributed by atoms with E-state index in [9.17, 15) is 14.7 Å². The van der Waals surface area contributed by atoms with Gasteiger partial charge < -0.3 is 10.4 Å². The molecule has 5 aromatic rings. The second-order valence-corrected chi connectivity index (χ2v) is 11.6. The first-order chi connectivity index (χ1) is 23.9. The first kappa shape index (κ1) is 33.0. The first-order valence-corrected chi connectivity index (χ1v) is 16.3. The first-order valence-electron chi connectivity index (χ1n) is 16.3. The van der Waals surface area contributed by atoms with Gasteiger partial charge in [0.1, 0.15) is 17.9 Å². The molecule has 1 aliphatic heterocycles. The molecule has 1 aliphatic rings. The van der Waals surface area contributed by atoms with Crippen molar-refractivity contribution in [1.29, 1.82) is 0 Å². The minimum absolute atomic E-state index is 0.183. The predicted molar refractivity (Wildman–Crippen MR) is 190 cm³/mol. The van der Waals surface area contributed by atoms with Crippen molar-refractivity contribution in [2.24, 2.45) is 4.99 Å². The van der Waals surface area contributed by atoms with Crippen LogP contribution in [0.25, 0.3) is 17.2 Å². The Morgan fingerprint density at radius 3 is 2.08 bits per heavy atom. The zero-order chi connectivity index (χ0) is 34.2. The number of carboxylic acids is 1. The molecule has 3 heterocycles. The quantitative estimate of drug-likeness (QED) is 0.112. The van der Waals surface area contributed by atoms with Crippen LogP contribution in [0.4, 0.5) is 5.69 Å². The number of nitrogens with one attached hydrogen (secondary N) is 1. The number of carbonyl (C=O) groups is 2. The fourth-order valence-corrected chi connectivity index (χ4v) is 6.06. The van der Waals surface area contributed by atoms with Gasteiger partial charge in [-0.2, -0.15) is 5.10 Å². The van der Waals surface area contributed by atoms with Gasteiger partial charge in [-0.15, -0.1) is 0 Å². The molecule has 3 aromatic carbocycles. The zero-order valence-corrected chi connectivity index (χ0v) is 27.5. The van der Waals surface area contributed by atoms with E-state index in [4.69, 9.17) is 14.8 Å². The van der Waals surface area contributed by atoms with E-state index in [1.807, 2.05) is 74.5 Å². The van der Waals surface area contributed by atoms with Crippen molar-refractivity contribution in [3.63, 3.8) is 0 Å². The summed E-state index contributed by atoms with van der Waals surface area (Å²) in [5.74, 6) is -0.678. The molecule has 0 fully saturated rings. The number of aliphatic carboxylic acids is 1. The lowest BCUT2D eigenvalue weighted by molar-refractivity contribution is -0.180. The number of pyridine rings is 1. The maximum atomic E-state index is 14.1. The van der Waals surface area contributed by atoms with Crippen LogP contribution >= 0.6 is 0 Å². The molecular formula is C39H38N6O4. The van der Waals surface area contributed by atoms with Crippen molar-refractivity contribution in [2.45, 2.75) is 38.8 Å². The zero-order valence-electron chi connectivity index (χ0n) is 27.5. The summed E-state index contributed by atoms with van der Waals surface area (Å²) in [5, 5.41) is 18.4. The van der Waals surface area contributed by atoms with Crippen LogP contribution in [0.5, 0.6) is 0 Å². The van der Waals surface area contributed by atoms with E-state index in [-0.39, 0.29) is 18.9 Å². The number of hydrogen-bond acceptors (Lipinski definition) is 6. The highest BCUT2D eigenvalue weighted by Crippen LogP contribution is 2.42. The highest BCUT2D eigenvalue weighted by atomic mass is 16.7. The van der Waals surface area contributed by atoms with E-state index in [2.05, 4.69) is 46.8 Å². The van der Waals surface area contributed by atoms with E-state index < -0.39 is 11.5 Å². The second kappa shape index (κ2) is 14.9. The third-order valence-corrected chi connectivity index (χ3v) is 8.22. The van der Waals surface area contributed by atoms with Gasteiger partial charge in [-0.25, -0.2) is 5.06 Å². The number of fused-ring (bicyclic) bond motifs is 1. The molecule has 49 heavy (non-hydrogen) atoms. The maximum Gasteiger partial charge on any atom is 0.325 e. The third-order valence-electron chi connectivity index (χ3n) is 8.22. The summed E-state index contributed by atoms with van der Waals surface area (Å²) in [7, 11) is 0. The smallest absolute Gasteiger partial charge is 0.325 e. The predicted octanol–water partition coefficient (Wildman–Crippen LogP) is 6.81. The summed E-state index contributed by atoms with van der Waals surface area (Å²) in [4.78, 5) is 41.5. The Kier molecular flexibility index (Phi) is 10.1. The Balaban J connectivity index is 1.55. The van der Waals surface area contributed by atoms with Crippen LogP contribution in [-0.2, 0) is 26.5 Å². The number of hydrogen-bond donors (Lipinski definition) is 2. The van der Waals surface area contributed by atoms with Crippen LogP contribution in [0.3, 0.4) is 0 Å². The average Bonchev–Trinajstić information content (AvgIpc) is 3.51. The fraction of sp³-hybridized carbons (Fsp3) is 0.205. The molecule has 0 bridgehead atoms. The number of amidine groups is 1. The van der Waals surface area contributed by atoms with Crippen molar-refractivity contribution >= 4 is 29.5 Å². The molecule has 0 saturated heterocycles.